The molecule has 236 valence electrons. The molecule has 16 heteroatoms. The minimum Gasteiger partial charge on any atom is -0.495 e. The van der Waals surface area contributed by atoms with Crippen LogP contribution in [0.5, 0.6) is 11.5 Å². The summed E-state index contributed by atoms with van der Waals surface area (Å²) in [6.07, 6.45) is 1.55. The van der Waals surface area contributed by atoms with Crippen LogP contribution in [0.15, 0.2) is 60.2 Å². The molecule has 4 rings (SSSR count). The molecular formula is C29H30Cl2N8O6. The van der Waals surface area contributed by atoms with Gasteiger partial charge in [-0.1, -0.05) is 53.5 Å². The van der Waals surface area contributed by atoms with Crippen molar-refractivity contribution in [2.45, 2.75) is 32.9 Å². The average molecular weight is 658 g/mol. The first kappa shape index (κ1) is 33.0. The molecule has 0 saturated carbocycles. The fourth-order valence-electron chi connectivity index (χ4n) is 4.09. The lowest BCUT2D eigenvalue weighted by Crippen LogP contribution is -2.49. The summed E-state index contributed by atoms with van der Waals surface area (Å²) in [6, 6.07) is 10.9. The summed E-state index contributed by atoms with van der Waals surface area (Å²) in [6.45, 7) is 4.88. The van der Waals surface area contributed by atoms with Gasteiger partial charge in [-0.15, -0.1) is 4.91 Å². The number of hydrogen-bond acceptors (Lipinski definition) is 11. The van der Waals surface area contributed by atoms with Crippen molar-refractivity contribution in [3.8, 4) is 11.5 Å². The number of urea groups is 1. The molecule has 14 nitrogen and oxygen atoms in total. The van der Waals surface area contributed by atoms with Gasteiger partial charge in [0.1, 0.15) is 50.8 Å². The predicted octanol–water partition coefficient (Wildman–Crippen LogP) is 7.24. The number of benzene rings is 2. The normalized spacial score (nSPS) is 11.0. The molecule has 2 aromatic heterocycles. The zero-order valence-electron chi connectivity index (χ0n) is 25.2. The molecule has 0 atom stereocenters. The van der Waals surface area contributed by atoms with Gasteiger partial charge in [0.2, 0.25) is 0 Å². The number of methoxy groups -OCH3 is 2. The number of aromatic nitrogens is 4. The first-order chi connectivity index (χ1) is 21.4. The number of nitrogens with zero attached hydrogens (tertiary/aromatic N) is 7. The molecule has 0 aliphatic heterocycles. The minimum absolute atomic E-state index is 0.0437. The van der Waals surface area contributed by atoms with E-state index < -0.39 is 17.7 Å². The van der Waals surface area contributed by atoms with Crippen LogP contribution in [0.25, 0.3) is 0 Å². The maximum atomic E-state index is 14.7. The van der Waals surface area contributed by atoms with Crippen LogP contribution in [0.2, 0.25) is 10.0 Å². The standard InChI is InChI=1S/C29H30Cl2N8O6/c1-29(2,3)45-28(41)39(25-23(30)19(43-5)12-20(44-6)24(25)31)27(40)38(14-17-10-8-7-9-11-17)22-13-21(32-16-33-22)34-26-18(36-42)15-37(4)35-26/h7-13,15-16H,14H2,1-6H3,(H,32,33,34,35). The van der Waals surface area contributed by atoms with E-state index in [4.69, 9.17) is 37.4 Å². The number of anilines is 4. The molecule has 2 aromatic carbocycles. The van der Waals surface area contributed by atoms with E-state index in [0.717, 1.165) is 0 Å². The van der Waals surface area contributed by atoms with Crippen molar-refractivity contribution < 1.29 is 23.8 Å². The molecule has 1 N–H and O–H groups in total. The summed E-state index contributed by atoms with van der Waals surface area (Å²) >= 11 is 13.4. The number of imide groups is 1. The van der Waals surface area contributed by atoms with Crippen molar-refractivity contribution in [2.75, 3.05) is 29.3 Å². The molecule has 0 radical (unpaired) electrons. The fourth-order valence-corrected chi connectivity index (χ4v) is 4.76. The second-order valence-electron chi connectivity index (χ2n) is 10.4. The third-order valence-electron chi connectivity index (χ3n) is 6.04. The van der Waals surface area contributed by atoms with E-state index in [2.05, 4.69) is 25.6 Å². The van der Waals surface area contributed by atoms with E-state index in [1.54, 1.807) is 52.1 Å². The number of halogens is 2. The van der Waals surface area contributed by atoms with Gasteiger partial charge in [-0.05, 0) is 31.5 Å². The van der Waals surface area contributed by atoms with Gasteiger partial charge < -0.3 is 19.5 Å². The van der Waals surface area contributed by atoms with Gasteiger partial charge >= 0.3 is 12.1 Å². The minimum atomic E-state index is -1.08. The molecule has 0 aliphatic rings. The zero-order chi connectivity index (χ0) is 32.9. The topological polar surface area (TPSA) is 153 Å². The summed E-state index contributed by atoms with van der Waals surface area (Å²) in [7, 11) is 4.35. The number of carbonyl (C=O) groups is 2. The van der Waals surface area contributed by atoms with Crippen molar-refractivity contribution in [1.82, 2.24) is 19.7 Å². The molecule has 0 fully saturated rings. The van der Waals surface area contributed by atoms with Crippen LogP contribution >= 0.6 is 23.2 Å². The molecule has 45 heavy (non-hydrogen) atoms. The van der Waals surface area contributed by atoms with E-state index in [-0.39, 0.29) is 56.9 Å². The zero-order valence-corrected chi connectivity index (χ0v) is 26.8. The van der Waals surface area contributed by atoms with Gasteiger partial charge in [-0.25, -0.2) is 19.6 Å². The molecule has 2 heterocycles. The number of amides is 3. The van der Waals surface area contributed by atoms with Gasteiger partial charge in [0.25, 0.3) is 0 Å². The van der Waals surface area contributed by atoms with Gasteiger partial charge in [-0.2, -0.15) is 10.00 Å². The van der Waals surface area contributed by atoms with Crippen LogP contribution in [0, 0.1) is 4.91 Å². The summed E-state index contributed by atoms with van der Waals surface area (Å²) in [5.41, 5.74) is -0.502. The lowest BCUT2D eigenvalue weighted by Gasteiger charge is -2.32. The number of hydrogen-bond donors (Lipinski definition) is 1. The van der Waals surface area contributed by atoms with Gasteiger partial charge in [0, 0.05) is 19.2 Å². The number of nitroso groups, excluding NO2 is 1. The summed E-state index contributed by atoms with van der Waals surface area (Å²) in [4.78, 5) is 50.2. The van der Waals surface area contributed by atoms with E-state index in [9.17, 15) is 14.5 Å². The SMILES string of the molecule is COc1cc(OC)c(Cl)c(N(C(=O)OC(C)(C)C)C(=O)N(Cc2ccccc2)c2cc(Nc3nn(C)cc3N=O)ncn2)c1Cl. The molecule has 3 amide bonds. The van der Waals surface area contributed by atoms with Gasteiger partial charge in [-0.3, -0.25) is 9.58 Å². The Morgan fingerprint density at radius 1 is 1.02 bits per heavy atom. The van der Waals surface area contributed by atoms with E-state index in [0.29, 0.717) is 10.5 Å². The molecule has 0 unspecified atom stereocenters. The van der Waals surface area contributed by atoms with Crippen molar-refractivity contribution in [3.63, 3.8) is 0 Å². The molecule has 0 spiro atoms. The monoisotopic (exact) mass is 656 g/mol. The predicted molar refractivity (Wildman–Crippen MR) is 170 cm³/mol. The van der Waals surface area contributed by atoms with Crippen molar-refractivity contribution in [3.05, 3.63) is 75.5 Å². The van der Waals surface area contributed by atoms with Crippen molar-refractivity contribution >= 4 is 64.2 Å². The third-order valence-corrected chi connectivity index (χ3v) is 6.77. The Kier molecular flexibility index (Phi) is 10.1. The Morgan fingerprint density at radius 2 is 1.67 bits per heavy atom. The maximum Gasteiger partial charge on any atom is 0.423 e. The highest BCUT2D eigenvalue weighted by atomic mass is 35.5. The summed E-state index contributed by atoms with van der Waals surface area (Å²) in [5.74, 6) is 0.557. The first-order valence-corrected chi connectivity index (χ1v) is 14.1. The Bertz CT molecular complexity index is 1680. The maximum absolute atomic E-state index is 14.7. The summed E-state index contributed by atoms with van der Waals surface area (Å²) < 4.78 is 17.8. The number of aryl methyl sites for hydroxylation is 1. The lowest BCUT2D eigenvalue weighted by molar-refractivity contribution is 0.0594. The Hall–Kier alpha value is -4.95. The fraction of sp³-hybridized carbons (Fsp3) is 0.276. The Labute approximate surface area is 268 Å². The largest absolute Gasteiger partial charge is 0.495 e. The second-order valence-corrected chi connectivity index (χ2v) is 11.2. The van der Waals surface area contributed by atoms with Crippen LogP contribution in [-0.2, 0) is 18.3 Å². The number of rotatable bonds is 9. The lowest BCUT2D eigenvalue weighted by atomic mass is 10.2. The third kappa shape index (κ3) is 7.59. The van der Waals surface area contributed by atoms with Crippen molar-refractivity contribution in [1.29, 1.82) is 0 Å². The van der Waals surface area contributed by atoms with Crippen LogP contribution in [0.3, 0.4) is 0 Å². The van der Waals surface area contributed by atoms with Gasteiger partial charge in [0.15, 0.2) is 11.5 Å². The second kappa shape index (κ2) is 13.8. The molecule has 0 bridgehead atoms. The highest BCUT2D eigenvalue weighted by molar-refractivity contribution is 6.43. The highest BCUT2D eigenvalue weighted by Crippen LogP contribution is 2.47. The smallest absolute Gasteiger partial charge is 0.423 e. The number of carbonyl (C=O) groups excluding carboxylic acids is 2. The van der Waals surface area contributed by atoms with E-state index in [1.807, 2.05) is 6.07 Å². The van der Waals surface area contributed by atoms with Gasteiger partial charge in [0.05, 0.1) is 27.0 Å². The van der Waals surface area contributed by atoms with E-state index >= 15 is 0 Å². The molecule has 0 aliphatic carbocycles. The molecule has 4 aromatic rings. The molecular weight excluding hydrogens is 627 g/mol. The van der Waals surface area contributed by atoms with Crippen LogP contribution in [0.1, 0.15) is 26.3 Å². The Morgan fingerprint density at radius 3 is 2.24 bits per heavy atom. The van der Waals surface area contributed by atoms with Crippen LogP contribution in [0.4, 0.5) is 38.4 Å². The number of nitrogens with one attached hydrogen (secondary N) is 1. The number of ether oxygens (including phenoxy) is 3. The average Bonchev–Trinajstić information content (AvgIpc) is 3.36. The molecule has 0 saturated heterocycles. The highest BCUT2D eigenvalue weighted by Gasteiger charge is 2.38. The Balaban J connectivity index is 1.89. The quantitative estimate of drug-likeness (QED) is 0.182. The van der Waals surface area contributed by atoms with E-state index in [1.165, 1.54) is 48.5 Å². The van der Waals surface area contributed by atoms with Crippen LogP contribution < -0.4 is 24.6 Å². The van der Waals surface area contributed by atoms with Crippen LogP contribution in [-0.4, -0.2) is 51.7 Å². The van der Waals surface area contributed by atoms with Crippen molar-refractivity contribution in [2.24, 2.45) is 12.2 Å². The summed E-state index contributed by atoms with van der Waals surface area (Å²) in [5, 5.41) is 9.78. The first-order valence-electron chi connectivity index (χ1n) is 13.3.